The van der Waals surface area contributed by atoms with E-state index in [1.165, 1.54) is 11.1 Å². The van der Waals surface area contributed by atoms with Crippen LogP contribution >= 0.6 is 0 Å². The third-order valence-corrected chi connectivity index (χ3v) is 3.44. The van der Waals surface area contributed by atoms with Crippen LogP contribution in [0, 0.1) is 12.8 Å². The van der Waals surface area contributed by atoms with E-state index in [9.17, 15) is 0 Å². The molecule has 0 fully saturated rings. The highest BCUT2D eigenvalue weighted by Gasteiger charge is 2.22. The summed E-state index contributed by atoms with van der Waals surface area (Å²) in [5.74, 6) is 1.55. The van der Waals surface area contributed by atoms with Gasteiger partial charge in [0, 0.05) is 19.6 Å². The minimum Gasteiger partial charge on any atom is -0.488 e. The van der Waals surface area contributed by atoms with Gasteiger partial charge in [-0.25, -0.2) is 0 Å². The highest BCUT2D eigenvalue weighted by molar-refractivity contribution is 5.40. The summed E-state index contributed by atoms with van der Waals surface area (Å²) in [5.41, 5.74) is 2.62. The summed E-state index contributed by atoms with van der Waals surface area (Å²) in [4.78, 5) is 0. The molecular formula is C15H23NO2. The van der Waals surface area contributed by atoms with Crippen molar-refractivity contribution in [2.75, 3.05) is 19.7 Å². The number of hydrogen-bond donors (Lipinski definition) is 2. The lowest BCUT2D eigenvalue weighted by atomic mass is 10.1. The minimum absolute atomic E-state index is 0.253. The van der Waals surface area contributed by atoms with Gasteiger partial charge in [-0.15, -0.1) is 0 Å². The largest absolute Gasteiger partial charge is 0.488 e. The zero-order chi connectivity index (χ0) is 13.0. The second-order valence-electron chi connectivity index (χ2n) is 5.33. The van der Waals surface area contributed by atoms with Gasteiger partial charge in [-0.1, -0.05) is 24.6 Å². The van der Waals surface area contributed by atoms with Crippen LogP contribution in [0.2, 0.25) is 0 Å². The minimum atomic E-state index is 0.253. The van der Waals surface area contributed by atoms with Crippen molar-refractivity contribution < 1.29 is 9.84 Å². The summed E-state index contributed by atoms with van der Waals surface area (Å²) in [6, 6.07) is 6.38. The molecule has 1 aliphatic rings. The van der Waals surface area contributed by atoms with Gasteiger partial charge in [-0.2, -0.15) is 0 Å². The van der Waals surface area contributed by atoms with Crippen molar-refractivity contribution in [1.82, 2.24) is 5.32 Å². The SMILES string of the molecule is Cc1ccc2c(c1)CC(CNCC(C)CCO)O2. The molecule has 0 saturated heterocycles. The fourth-order valence-electron chi connectivity index (χ4n) is 2.38. The Hall–Kier alpha value is -1.06. The first-order chi connectivity index (χ1) is 8.69. The van der Waals surface area contributed by atoms with Crippen LogP contribution in [0.3, 0.4) is 0 Å². The van der Waals surface area contributed by atoms with Gasteiger partial charge in [-0.3, -0.25) is 0 Å². The normalized spacial score (nSPS) is 19.4. The lowest BCUT2D eigenvalue weighted by molar-refractivity contribution is 0.220. The Bertz CT molecular complexity index is 392. The van der Waals surface area contributed by atoms with Crippen molar-refractivity contribution in [1.29, 1.82) is 0 Å². The van der Waals surface area contributed by atoms with E-state index in [4.69, 9.17) is 9.84 Å². The molecule has 2 N–H and O–H groups in total. The maximum Gasteiger partial charge on any atom is 0.123 e. The molecule has 0 aliphatic carbocycles. The highest BCUT2D eigenvalue weighted by atomic mass is 16.5. The van der Waals surface area contributed by atoms with Crippen LogP contribution in [0.4, 0.5) is 0 Å². The Morgan fingerprint density at radius 2 is 2.33 bits per heavy atom. The topological polar surface area (TPSA) is 41.5 Å². The number of nitrogens with one attached hydrogen (secondary N) is 1. The Morgan fingerprint density at radius 1 is 1.50 bits per heavy atom. The standard InChI is InChI=1S/C15H23NO2/c1-11-3-4-15-13(7-11)8-14(18-15)10-16-9-12(2)5-6-17/h3-4,7,12,14,16-17H,5-6,8-10H2,1-2H3. The van der Waals surface area contributed by atoms with Gasteiger partial charge in [0.2, 0.25) is 0 Å². The van der Waals surface area contributed by atoms with Gasteiger partial charge >= 0.3 is 0 Å². The molecule has 3 heteroatoms. The molecule has 0 aromatic heterocycles. The highest BCUT2D eigenvalue weighted by Crippen LogP contribution is 2.29. The van der Waals surface area contributed by atoms with Crippen molar-refractivity contribution in [2.24, 2.45) is 5.92 Å². The fraction of sp³-hybridized carbons (Fsp3) is 0.600. The van der Waals surface area contributed by atoms with Gasteiger partial charge in [0.25, 0.3) is 0 Å². The molecule has 2 unspecified atom stereocenters. The number of hydrogen-bond acceptors (Lipinski definition) is 3. The Kier molecular flexibility index (Phi) is 4.61. The zero-order valence-electron chi connectivity index (χ0n) is 11.3. The quantitative estimate of drug-likeness (QED) is 0.809. The zero-order valence-corrected chi connectivity index (χ0v) is 11.3. The lowest BCUT2D eigenvalue weighted by Gasteiger charge is -2.14. The van der Waals surface area contributed by atoms with Crippen LogP contribution in [0.25, 0.3) is 0 Å². The van der Waals surface area contributed by atoms with Crippen LogP contribution in [0.1, 0.15) is 24.5 Å². The molecule has 1 aromatic carbocycles. The first-order valence-corrected chi connectivity index (χ1v) is 6.77. The van der Waals surface area contributed by atoms with Gasteiger partial charge in [0.1, 0.15) is 11.9 Å². The van der Waals surface area contributed by atoms with Crippen molar-refractivity contribution in [2.45, 2.75) is 32.8 Å². The molecule has 0 bridgehead atoms. The maximum absolute atomic E-state index is 8.84. The Labute approximate surface area is 109 Å². The summed E-state index contributed by atoms with van der Waals surface area (Å²) in [6.45, 7) is 6.35. The van der Waals surface area contributed by atoms with E-state index >= 15 is 0 Å². The molecule has 0 radical (unpaired) electrons. The molecule has 1 aromatic rings. The van der Waals surface area contributed by atoms with Crippen molar-refractivity contribution in [3.8, 4) is 5.75 Å². The van der Waals surface area contributed by atoms with Gasteiger partial charge < -0.3 is 15.2 Å². The Balaban J connectivity index is 1.74. The number of fused-ring (bicyclic) bond motifs is 1. The van der Waals surface area contributed by atoms with Gasteiger partial charge in [-0.05, 0) is 37.4 Å². The van der Waals surface area contributed by atoms with Crippen molar-refractivity contribution in [3.05, 3.63) is 29.3 Å². The monoisotopic (exact) mass is 249 g/mol. The van der Waals surface area contributed by atoms with E-state index < -0.39 is 0 Å². The van der Waals surface area contributed by atoms with E-state index in [2.05, 4.69) is 37.4 Å². The Morgan fingerprint density at radius 3 is 3.11 bits per heavy atom. The molecule has 2 atom stereocenters. The molecule has 18 heavy (non-hydrogen) atoms. The molecule has 0 saturated carbocycles. The molecule has 100 valence electrons. The second-order valence-corrected chi connectivity index (χ2v) is 5.33. The second kappa shape index (κ2) is 6.21. The third kappa shape index (κ3) is 3.47. The lowest BCUT2D eigenvalue weighted by Crippen LogP contribution is -2.33. The molecule has 3 nitrogen and oxygen atoms in total. The third-order valence-electron chi connectivity index (χ3n) is 3.44. The van der Waals surface area contributed by atoms with E-state index in [1.807, 2.05) is 0 Å². The average Bonchev–Trinajstić information content (AvgIpc) is 2.71. The number of ether oxygens (including phenoxy) is 1. The first-order valence-electron chi connectivity index (χ1n) is 6.77. The van der Waals surface area contributed by atoms with E-state index in [0.29, 0.717) is 5.92 Å². The summed E-state index contributed by atoms with van der Waals surface area (Å²) in [5, 5.41) is 12.3. The number of aryl methyl sites for hydroxylation is 1. The summed E-state index contributed by atoms with van der Waals surface area (Å²) in [6.07, 6.45) is 2.11. The van der Waals surface area contributed by atoms with Crippen LogP contribution in [0.15, 0.2) is 18.2 Å². The van der Waals surface area contributed by atoms with E-state index in [0.717, 1.165) is 31.7 Å². The number of benzene rings is 1. The van der Waals surface area contributed by atoms with Crippen LogP contribution in [-0.4, -0.2) is 30.9 Å². The summed E-state index contributed by atoms with van der Waals surface area (Å²) < 4.78 is 5.89. The molecule has 1 heterocycles. The molecular weight excluding hydrogens is 226 g/mol. The average molecular weight is 249 g/mol. The summed E-state index contributed by atoms with van der Waals surface area (Å²) >= 11 is 0. The fourth-order valence-corrected chi connectivity index (χ4v) is 2.38. The van der Waals surface area contributed by atoms with Gasteiger partial charge in [0.05, 0.1) is 0 Å². The molecule has 2 rings (SSSR count). The maximum atomic E-state index is 8.84. The van der Waals surface area contributed by atoms with Gasteiger partial charge in [0.15, 0.2) is 0 Å². The van der Waals surface area contributed by atoms with E-state index in [1.54, 1.807) is 0 Å². The van der Waals surface area contributed by atoms with E-state index in [-0.39, 0.29) is 12.7 Å². The van der Waals surface area contributed by atoms with Crippen molar-refractivity contribution in [3.63, 3.8) is 0 Å². The number of rotatable bonds is 6. The molecule has 0 amide bonds. The predicted octanol–water partition coefficient (Wildman–Crippen LogP) is 1.91. The predicted molar refractivity (Wildman–Crippen MR) is 73.0 cm³/mol. The molecule has 1 aliphatic heterocycles. The number of aliphatic hydroxyl groups excluding tert-OH is 1. The van der Waals surface area contributed by atoms with Crippen molar-refractivity contribution >= 4 is 0 Å². The smallest absolute Gasteiger partial charge is 0.123 e. The first kappa shape index (κ1) is 13.4. The number of aliphatic hydroxyl groups is 1. The van der Waals surface area contributed by atoms with Crippen LogP contribution in [-0.2, 0) is 6.42 Å². The summed E-state index contributed by atoms with van der Waals surface area (Å²) in [7, 11) is 0. The van der Waals surface area contributed by atoms with Crippen LogP contribution in [0.5, 0.6) is 5.75 Å². The van der Waals surface area contributed by atoms with Crippen LogP contribution < -0.4 is 10.1 Å². The molecule has 0 spiro atoms.